The van der Waals surface area contributed by atoms with Crippen molar-refractivity contribution in [1.82, 2.24) is 24.9 Å². The molecular weight excluding hydrogens is 595 g/mol. The summed E-state index contributed by atoms with van der Waals surface area (Å²) in [5, 5.41) is 2.29. The Morgan fingerprint density at radius 3 is 2.30 bits per heavy atom. The summed E-state index contributed by atoms with van der Waals surface area (Å²) < 4.78 is 27.6. The molecule has 1 N–H and O–H groups in total. The van der Waals surface area contributed by atoms with E-state index in [9.17, 15) is 19.2 Å². The Balaban J connectivity index is 0.925. The Kier molecular flexibility index (Phi) is 9.54. The van der Waals surface area contributed by atoms with Crippen molar-refractivity contribution in [2.45, 2.75) is 70.7 Å². The Morgan fingerprint density at radius 1 is 0.957 bits per heavy atom. The van der Waals surface area contributed by atoms with Gasteiger partial charge in [0.05, 0.1) is 24.9 Å². The molecule has 5 heterocycles. The highest BCUT2D eigenvalue weighted by Crippen LogP contribution is 2.34. The van der Waals surface area contributed by atoms with Gasteiger partial charge >= 0.3 is 6.09 Å². The fourth-order valence-electron chi connectivity index (χ4n) is 7.25. The van der Waals surface area contributed by atoms with Gasteiger partial charge in [-0.25, -0.2) is 9.18 Å². The van der Waals surface area contributed by atoms with E-state index < -0.39 is 23.4 Å². The molecule has 0 spiro atoms. The molecule has 0 radical (unpaired) electrons. The molecule has 5 aliphatic rings. The molecule has 252 valence electrons. The third kappa shape index (κ3) is 7.31. The number of rotatable bonds is 6. The van der Waals surface area contributed by atoms with Crippen LogP contribution in [-0.4, -0.2) is 133 Å². The van der Waals surface area contributed by atoms with Gasteiger partial charge in [0.1, 0.15) is 11.6 Å². The molecule has 4 fully saturated rings. The van der Waals surface area contributed by atoms with Crippen LogP contribution in [0.1, 0.15) is 62.4 Å². The summed E-state index contributed by atoms with van der Waals surface area (Å²) in [5.41, 5.74) is 0.621. The van der Waals surface area contributed by atoms with Crippen molar-refractivity contribution >= 4 is 29.5 Å². The molecule has 0 aliphatic carbocycles. The zero-order chi connectivity index (χ0) is 32.6. The average molecular weight is 643 g/mol. The number of anilines is 1. The lowest BCUT2D eigenvalue weighted by atomic mass is 9.97. The van der Waals surface area contributed by atoms with E-state index in [0.29, 0.717) is 48.9 Å². The molecule has 1 unspecified atom stereocenters. The first-order valence-corrected chi connectivity index (χ1v) is 16.7. The van der Waals surface area contributed by atoms with Crippen molar-refractivity contribution < 1.29 is 33.0 Å². The number of ether oxygens (including phenoxy) is 2. The maximum Gasteiger partial charge on any atom is 0.410 e. The van der Waals surface area contributed by atoms with E-state index in [0.717, 1.165) is 58.7 Å². The highest BCUT2D eigenvalue weighted by atomic mass is 19.1. The van der Waals surface area contributed by atoms with Gasteiger partial charge in [0, 0.05) is 83.0 Å². The first kappa shape index (κ1) is 32.6. The van der Waals surface area contributed by atoms with Gasteiger partial charge in [0.2, 0.25) is 11.8 Å². The zero-order valence-electron chi connectivity index (χ0n) is 27.3. The lowest BCUT2D eigenvalue weighted by molar-refractivity contribution is -0.136. The number of hydrogen-bond donors (Lipinski definition) is 1. The smallest absolute Gasteiger partial charge is 0.410 e. The maximum absolute atomic E-state index is 15.8. The van der Waals surface area contributed by atoms with Crippen LogP contribution in [0, 0.1) is 11.7 Å². The lowest BCUT2D eigenvalue weighted by Gasteiger charge is -2.40. The average Bonchev–Trinajstić information content (AvgIpc) is 3.35. The topological polar surface area (TPSA) is 115 Å². The van der Waals surface area contributed by atoms with Gasteiger partial charge in [-0.15, -0.1) is 0 Å². The van der Waals surface area contributed by atoms with Gasteiger partial charge in [-0.05, 0) is 58.1 Å². The predicted molar refractivity (Wildman–Crippen MR) is 168 cm³/mol. The van der Waals surface area contributed by atoms with Gasteiger partial charge < -0.3 is 24.2 Å². The Labute approximate surface area is 270 Å². The van der Waals surface area contributed by atoms with Crippen LogP contribution in [0.5, 0.6) is 0 Å². The number of piperidine rings is 1. The van der Waals surface area contributed by atoms with Crippen LogP contribution in [0.4, 0.5) is 14.9 Å². The van der Waals surface area contributed by atoms with E-state index in [4.69, 9.17) is 9.47 Å². The van der Waals surface area contributed by atoms with Crippen LogP contribution in [0.2, 0.25) is 0 Å². The van der Waals surface area contributed by atoms with Crippen molar-refractivity contribution in [3.05, 3.63) is 29.1 Å². The molecule has 13 heteroatoms. The lowest BCUT2D eigenvalue weighted by Crippen LogP contribution is -2.52. The monoisotopic (exact) mass is 642 g/mol. The van der Waals surface area contributed by atoms with E-state index in [-0.39, 0.29) is 43.4 Å². The summed E-state index contributed by atoms with van der Waals surface area (Å²) in [7, 11) is 0. The fraction of sp³-hybridized carbons (Fsp3) is 0.697. The first-order chi connectivity index (χ1) is 21.9. The van der Waals surface area contributed by atoms with E-state index >= 15 is 4.39 Å². The molecule has 6 rings (SSSR count). The standard InChI is InChI=1S/C33H47FN6O6/c1-33(2,3)46-32(44)39-16-12-36(13-17-39)18-22-4-5-23(45-21-22)19-37-10-14-38(15-11-37)26-7-6-24-25(29(26)34)20-40(31(24)43)27-8-9-28(41)35-30(27)42/h6-7,22-23,27H,4-5,8-21H2,1-3H3,(H,35,41,42)/t22-,23-,27?/m0/s1. The summed E-state index contributed by atoms with van der Waals surface area (Å²) in [6.07, 6.45) is 2.50. The van der Waals surface area contributed by atoms with Crippen molar-refractivity contribution in [3.63, 3.8) is 0 Å². The van der Waals surface area contributed by atoms with Crippen LogP contribution in [-0.2, 0) is 25.6 Å². The molecule has 0 saturated carbocycles. The Hall–Kier alpha value is -3.29. The number of halogens is 1. The number of piperazine rings is 2. The van der Waals surface area contributed by atoms with E-state index in [1.54, 1.807) is 17.0 Å². The van der Waals surface area contributed by atoms with E-state index in [1.807, 2.05) is 25.7 Å². The predicted octanol–water partition coefficient (Wildman–Crippen LogP) is 2.06. The third-order valence-electron chi connectivity index (χ3n) is 9.81. The molecule has 12 nitrogen and oxygen atoms in total. The molecule has 0 aromatic heterocycles. The summed E-state index contributed by atoms with van der Waals surface area (Å²) in [6.45, 7) is 14.3. The number of hydrogen-bond acceptors (Lipinski definition) is 9. The Morgan fingerprint density at radius 2 is 1.65 bits per heavy atom. The summed E-state index contributed by atoms with van der Waals surface area (Å²) >= 11 is 0. The van der Waals surface area contributed by atoms with Crippen LogP contribution < -0.4 is 10.2 Å². The number of amides is 4. The van der Waals surface area contributed by atoms with Gasteiger partial charge in [0.15, 0.2) is 5.82 Å². The summed E-state index contributed by atoms with van der Waals surface area (Å²) in [6, 6.07) is 2.58. The number of carbonyl (C=O) groups is 4. The van der Waals surface area contributed by atoms with Crippen molar-refractivity contribution in [1.29, 1.82) is 0 Å². The number of nitrogens with zero attached hydrogens (tertiary/aromatic N) is 5. The third-order valence-corrected chi connectivity index (χ3v) is 9.81. The SMILES string of the molecule is CC(C)(C)OC(=O)N1CCN(C[C@@H]2CC[C@@H](CN3CCN(c4ccc5c(c4F)CN(C4CCC(=O)NC4=O)C5=O)CC3)OC2)CC1. The quantitative estimate of drug-likeness (QED) is 0.466. The summed E-state index contributed by atoms with van der Waals surface area (Å²) in [5.74, 6) is -1.12. The minimum absolute atomic E-state index is 0.0301. The molecule has 0 bridgehead atoms. The molecule has 3 atom stereocenters. The molecule has 1 aromatic rings. The maximum atomic E-state index is 15.8. The minimum Gasteiger partial charge on any atom is -0.444 e. The second-order valence-electron chi connectivity index (χ2n) is 14.3. The van der Waals surface area contributed by atoms with Crippen molar-refractivity contribution in [3.8, 4) is 0 Å². The Bertz CT molecular complexity index is 1330. The van der Waals surface area contributed by atoms with Gasteiger partial charge in [0.25, 0.3) is 5.91 Å². The van der Waals surface area contributed by atoms with E-state index in [1.165, 1.54) is 4.90 Å². The molecule has 4 amide bonds. The second kappa shape index (κ2) is 13.4. The van der Waals surface area contributed by atoms with Crippen LogP contribution in [0.25, 0.3) is 0 Å². The van der Waals surface area contributed by atoms with Crippen molar-refractivity contribution in [2.75, 3.05) is 77.0 Å². The summed E-state index contributed by atoms with van der Waals surface area (Å²) in [4.78, 5) is 59.3. The van der Waals surface area contributed by atoms with Crippen LogP contribution >= 0.6 is 0 Å². The number of nitrogens with one attached hydrogen (secondary N) is 1. The van der Waals surface area contributed by atoms with Gasteiger partial charge in [-0.2, -0.15) is 0 Å². The fourth-order valence-corrected chi connectivity index (χ4v) is 7.25. The number of benzene rings is 1. The molecule has 5 aliphatic heterocycles. The zero-order valence-corrected chi connectivity index (χ0v) is 27.3. The van der Waals surface area contributed by atoms with Crippen LogP contribution in [0.3, 0.4) is 0 Å². The number of imide groups is 1. The number of fused-ring (bicyclic) bond motifs is 1. The minimum atomic E-state index is -0.761. The first-order valence-electron chi connectivity index (χ1n) is 16.7. The van der Waals surface area contributed by atoms with E-state index in [2.05, 4.69) is 15.1 Å². The molecule has 46 heavy (non-hydrogen) atoms. The largest absolute Gasteiger partial charge is 0.444 e. The number of carbonyl (C=O) groups excluding carboxylic acids is 4. The van der Waals surface area contributed by atoms with Gasteiger partial charge in [-0.1, -0.05) is 0 Å². The second-order valence-corrected chi connectivity index (χ2v) is 14.3. The molecule has 4 saturated heterocycles. The highest BCUT2D eigenvalue weighted by Gasteiger charge is 2.41. The molecule has 1 aromatic carbocycles. The van der Waals surface area contributed by atoms with Crippen LogP contribution in [0.15, 0.2) is 12.1 Å². The van der Waals surface area contributed by atoms with Gasteiger partial charge in [-0.3, -0.25) is 29.5 Å². The highest BCUT2D eigenvalue weighted by molar-refractivity contribution is 6.05. The van der Waals surface area contributed by atoms with Crippen molar-refractivity contribution in [2.24, 2.45) is 5.92 Å². The molecular formula is C33H47FN6O6. The normalized spacial score (nSPS) is 26.7.